The van der Waals surface area contributed by atoms with Gasteiger partial charge in [-0.15, -0.1) is 0 Å². The van der Waals surface area contributed by atoms with E-state index in [2.05, 4.69) is 0 Å². The van der Waals surface area contributed by atoms with Crippen molar-refractivity contribution in [3.8, 4) is 5.75 Å². The normalized spacial score (nSPS) is 20.3. The van der Waals surface area contributed by atoms with Crippen molar-refractivity contribution in [2.75, 3.05) is 6.61 Å². The third-order valence-corrected chi connectivity index (χ3v) is 4.97. The lowest BCUT2D eigenvalue weighted by Crippen LogP contribution is -2.24. The lowest BCUT2D eigenvalue weighted by molar-refractivity contribution is -0.187. The topological polar surface area (TPSA) is 35.5 Å². The molecule has 1 fully saturated rings. The second-order valence-electron chi connectivity index (χ2n) is 6.85. The molecule has 3 nitrogen and oxygen atoms in total. The zero-order chi connectivity index (χ0) is 19.6. The van der Waals surface area contributed by atoms with Crippen LogP contribution in [0.1, 0.15) is 41.2 Å². The van der Waals surface area contributed by atoms with Crippen LogP contribution in [0.2, 0.25) is 0 Å². The third-order valence-electron chi connectivity index (χ3n) is 4.97. The van der Waals surface area contributed by atoms with E-state index in [1.807, 2.05) is 0 Å². The lowest BCUT2D eigenvalue weighted by atomic mass is 9.96. The van der Waals surface area contributed by atoms with Crippen LogP contribution in [0.4, 0.5) is 13.2 Å². The minimum absolute atomic E-state index is 0.0667. The maximum absolute atomic E-state index is 14.4. The van der Waals surface area contributed by atoms with Gasteiger partial charge in [-0.2, -0.15) is 8.78 Å². The number of alkyl halides is 2. The minimum atomic E-state index is -3.79. The molecule has 144 valence electrons. The fourth-order valence-electron chi connectivity index (χ4n) is 3.10. The Bertz CT molecular complexity index is 810. The molecule has 1 aliphatic heterocycles. The molecule has 0 spiro atoms. The Kier molecular flexibility index (Phi) is 5.56. The molecule has 2 aromatic carbocycles. The Morgan fingerprint density at radius 2 is 1.81 bits per heavy atom. The molecule has 0 N–H and O–H groups in total. The van der Waals surface area contributed by atoms with Crippen LogP contribution in [0.5, 0.6) is 5.75 Å². The van der Waals surface area contributed by atoms with Crippen molar-refractivity contribution in [2.24, 2.45) is 5.92 Å². The summed E-state index contributed by atoms with van der Waals surface area (Å²) in [4.78, 5) is 10.8. The maximum Gasteiger partial charge on any atom is 0.429 e. The average Bonchev–Trinajstić information content (AvgIpc) is 2.66. The van der Waals surface area contributed by atoms with Gasteiger partial charge in [0.15, 0.2) is 0 Å². The summed E-state index contributed by atoms with van der Waals surface area (Å²) in [7, 11) is 0. The number of hydrogen-bond donors (Lipinski definition) is 0. The molecule has 2 unspecified atom stereocenters. The van der Waals surface area contributed by atoms with Crippen molar-refractivity contribution in [3.63, 3.8) is 0 Å². The molecule has 2 aromatic rings. The van der Waals surface area contributed by atoms with Gasteiger partial charge in [-0.05, 0) is 61.6 Å². The molecule has 0 radical (unpaired) electrons. The van der Waals surface area contributed by atoms with Crippen molar-refractivity contribution >= 4 is 6.29 Å². The molecule has 1 saturated heterocycles. The molecule has 2 atom stereocenters. The van der Waals surface area contributed by atoms with Gasteiger partial charge in [-0.25, -0.2) is 4.39 Å². The Hall–Kier alpha value is -2.34. The molecular weight excluding hydrogens is 357 g/mol. The maximum atomic E-state index is 14.4. The molecule has 0 aliphatic carbocycles. The van der Waals surface area contributed by atoms with Crippen LogP contribution < -0.4 is 4.74 Å². The second-order valence-corrected chi connectivity index (χ2v) is 6.85. The Labute approximate surface area is 156 Å². The van der Waals surface area contributed by atoms with E-state index in [-0.39, 0.29) is 23.3 Å². The van der Waals surface area contributed by atoms with Gasteiger partial charge >= 0.3 is 6.11 Å². The summed E-state index contributed by atoms with van der Waals surface area (Å²) in [5, 5.41) is 0. The van der Waals surface area contributed by atoms with Crippen molar-refractivity contribution in [3.05, 3.63) is 64.5 Å². The number of rotatable bonds is 5. The van der Waals surface area contributed by atoms with Crippen LogP contribution in [0.25, 0.3) is 0 Å². The highest BCUT2D eigenvalue weighted by Crippen LogP contribution is 2.36. The average molecular weight is 378 g/mol. The van der Waals surface area contributed by atoms with Gasteiger partial charge in [0.2, 0.25) is 0 Å². The number of halogens is 3. The number of ether oxygens (including phenoxy) is 2. The predicted octanol–water partition coefficient (Wildman–Crippen LogP) is 5.24. The molecular formula is C21H21F3O3. The van der Waals surface area contributed by atoms with E-state index in [4.69, 9.17) is 9.47 Å². The van der Waals surface area contributed by atoms with Crippen LogP contribution in [-0.2, 0) is 15.6 Å². The van der Waals surface area contributed by atoms with E-state index in [1.54, 1.807) is 19.1 Å². The summed E-state index contributed by atoms with van der Waals surface area (Å²) in [5.74, 6) is -1.12. The SMILES string of the molecule is Cc1ccc(C(F)(F)Oc2ccc(C3CCC(C=O)CO3)cc2)c(F)c1C. The van der Waals surface area contributed by atoms with E-state index in [9.17, 15) is 18.0 Å². The molecule has 6 heteroatoms. The molecule has 0 aromatic heterocycles. The number of hydrogen-bond acceptors (Lipinski definition) is 3. The second kappa shape index (κ2) is 7.72. The molecule has 3 rings (SSSR count). The molecule has 1 aliphatic rings. The number of aldehydes is 1. The first-order valence-electron chi connectivity index (χ1n) is 8.81. The van der Waals surface area contributed by atoms with Crippen LogP contribution in [0.3, 0.4) is 0 Å². The first-order valence-corrected chi connectivity index (χ1v) is 8.81. The fourth-order valence-corrected chi connectivity index (χ4v) is 3.10. The van der Waals surface area contributed by atoms with E-state index < -0.39 is 17.5 Å². The summed E-state index contributed by atoms with van der Waals surface area (Å²) >= 11 is 0. The summed E-state index contributed by atoms with van der Waals surface area (Å²) in [6.45, 7) is 3.47. The smallest absolute Gasteiger partial charge is 0.429 e. The summed E-state index contributed by atoms with van der Waals surface area (Å²) in [6, 6.07) is 8.61. The number of benzene rings is 2. The molecule has 0 bridgehead atoms. The standard InChI is InChI=1S/C21H21F3O3/c1-13-3-9-18(20(22)14(13)2)21(23,24)27-17-7-5-16(6-8-17)19-10-4-15(11-25)12-26-19/h3,5-9,11,15,19H,4,10,12H2,1-2H3. The highest BCUT2D eigenvalue weighted by Gasteiger charge is 2.38. The summed E-state index contributed by atoms with van der Waals surface area (Å²) < 4.78 is 53.5. The van der Waals surface area contributed by atoms with Gasteiger partial charge in [-0.3, -0.25) is 0 Å². The number of carbonyl (C=O) groups excluding carboxylic acids is 1. The first kappa shape index (κ1) is 19.4. The molecule has 27 heavy (non-hydrogen) atoms. The number of carbonyl (C=O) groups is 1. The lowest BCUT2D eigenvalue weighted by Gasteiger charge is -2.26. The van der Waals surface area contributed by atoms with Gasteiger partial charge < -0.3 is 14.3 Å². The van der Waals surface area contributed by atoms with E-state index in [1.165, 1.54) is 25.1 Å². The van der Waals surface area contributed by atoms with Crippen molar-refractivity contribution in [1.82, 2.24) is 0 Å². The Balaban J connectivity index is 1.72. The highest BCUT2D eigenvalue weighted by atomic mass is 19.3. The van der Waals surface area contributed by atoms with E-state index in [0.717, 1.165) is 24.3 Å². The Morgan fingerprint density at radius 1 is 1.11 bits per heavy atom. The molecule has 1 heterocycles. The van der Waals surface area contributed by atoms with E-state index in [0.29, 0.717) is 18.6 Å². The van der Waals surface area contributed by atoms with Gasteiger partial charge in [0.05, 0.1) is 12.7 Å². The quantitative estimate of drug-likeness (QED) is 0.668. The monoisotopic (exact) mass is 378 g/mol. The van der Waals surface area contributed by atoms with Crippen molar-refractivity contribution in [2.45, 2.75) is 38.9 Å². The number of aryl methyl sites for hydroxylation is 1. The molecule has 0 saturated carbocycles. The van der Waals surface area contributed by atoms with Gasteiger partial charge in [0, 0.05) is 5.92 Å². The van der Waals surface area contributed by atoms with Crippen molar-refractivity contribution < 1.29 is 27.4 Å². The summed E-state index contributed by atoms with van der Waals surface area (Å²) in [6.07, 6.45) is -1.65. The Morgan fingerprint density at radius 3 is 2.41 bits per heavy atom. The van der Waals surface area contributed by atoms with Crippen LogP contribution in [-0.4, -0.2) is 12.9 Å². The first-order chi connectivity index (χ1) is 12.8. The van der Waals surface area contributed by atoms with Gasteiger partial charge in [-0.1, -0.05) is 18.2 Å². The van der Waals surface area contributed by atoms with Gasteiger partial charge in [0.1, 0.15) is 23.4 Å². The zero-order valence-corrected chi connectivity index (χ0v) is 15.2. The third kappa shape index (κ3) is 4.16. The van der Waals surface area contributed by atoms with Crippen LogP contribution in [0.15, 0.2) is 36.4 Å². The van der Waals surface area contributed by atoms with E-state index >= 15 is 0 Å². The summed E-state index contributed by atoms with van der Waals surface area (Å²) in [5.41, 5.74) is 0.812. The molecule has 0 amide bonds. The minimum Gasteiger partial charge on any atom is -0.429 e. The van der Waals surface area contributed by atoms with Crippen molar-refractivity contribution in [1.29, 1.82) is 0 Å². The zero-order valence-electron chi connectivity index (χ0n) is 15.2. The fraction of sp³-hybridized carbons (Fsp3) is 0.381. The van der Waals surface area contributed by atoms with Crippen LogP contribution in [0, 0.1) is 25.6 Å². The van der Waals surface area contributed by atoms with Gasteiger partial charge in [0.25, 0.3) is 0 Å². The largest absolute Gasteiger partial charge is 0.429 e. The highest BCUT2D eigenvalue weighted by molar-refractivity contribution is 5.53. The van der Waals surface area contributed by atoms with Crippen LogP contribution >= 0.6 is 0 Å². The predicted molar refractivity (Wildman–Crippen MR) is 94.3 cm³/mol.